The van der Waals surface area contributed by atoms with Gasteiger partial charge in [0.1, 0.15) is 11.9 Å². The molecule has 0 bridgehead atoms. The quantitative estimate of drug-likeness (QED) is 0.893. The van der Waals surface area contributed by atoms with Gasteiger partial charge in [-0.05, 0) is 54.8 Å². The van der Waals surface area contributed by atoms with E-state index in [1.807, 2.05) is 32.0 Å². The molecule has 1 heterocycles. The van der Waals surface area contributed by atoms with E-state index in [4.69, 9.17) is 0 Å². The summed E-state index contributed by atoms with van der Waals surface area (Å²) in [7, 11) is 0. The Morgan fingerprint density at radius 3 is 2.58 bits per heavy atom. The third kappa shape index (κ3) is 4.25. The SMILES string of the molecule is Cc1ccc(NC(=O)C2CSCN2C(=O)Cc2ccc(F)cc2)cc1C. The molecule has 1 fully saturated rings. The third-order valence-corrected chi connectivity index (χ3v) is 5.56. The number of hydrogen-bond acceptors (Lipinski definition) is 3. The van der Waals surface area contributed by atoms with E-state index in [9.17, 15) is 14.0 Å². The molecular formula is C20H21FN2O2S. The molecule has 2 amide bonds. The molecule has 0 radical (unpaired) electrons. The first-order valence-corrected chi connectivity index (χ1v) is 9.59. The maximum atomic E-state index is 13.0. The molecule has 1 atom stereocenters. The van der Waals surface area contributed by atoms with Crippen LogP contribution in [-0.4, -0.2) is 34.4 Å². The molecule has 26 heavy (non-hydrogen) atoms. The van der Waals surface area contributed by atoms with Gasteiger partial charge in [0, 0.05) is 11.4 Å². The van der Waals surface area contributed by atoms with Gasteiger partial charge in [-0.25, -0.2) is 4.39 Å². The summed E-state index contributed by atoms with van der Waals surface area (Å²) in [6.45, 7) is 4.01. The molecule has 1 aliphatic rings. The highest BCUT2D eigenvalue weighted by Crippen LogP contribution is 2.24. The fourth-order valence-electron chi connectivity index (χ4n) is 2.83. The van der Waals surface area contributed by atoms with Gasteiger partial charge in [-0.2, -0.15) is 0 Å². The number of anilines is 1. The van der Waals surface area contributed by atoms with E-state index >= 15 is 0 Å². The highest BCUT2D eigenvalue weighted by atomic mass is 32.2. The zero-order chi connectivity index (χ0) is 18.7. The monoisotopic (exact) mass is 372 g/mol. The van der Waals surface area contributed by atoms with Crippen LogP contribution in [0.5, 0.6) is 0 Å². The van der Waals surface area contributed by atoms with Crippen molar-refractivity contribution in [3.63, 3.8) is 0 Å². The average molecular weight is 372 g/mol. The zero-order valence-corrected chi connectivity index (χ0v) is 15.6. The predicted octanol–water partition coefficient (Wildman–Crippen LogP) is 3.53. The van der Waals surface area contributed by atoms with Gasteiger partial charge in [-0.1, -0.05) is 18.2 Å². The van der Waals surface area contributed by atoms with Crippen LogP contribution in [0.3, 0.4) is 0 Å². The highest BCUT2D eigenvalue weighted by Gasteiger charge is 2.34. The van der Waals surface area contributed by atoms with Crippen molar-refractivity contribution in [1.29, 1.82) is 0 Å². The molecule has 136 valence electrons. The molecule has 0 spiro atoms. The van der Waals surface area contributed by atoms with Crippen molar-refractivity contribution in [3.05, 3.63) is 65.0 Å². The molecule has 0 saturated carbocycles. The van der Waals surface area contributed by atoms with Crippen molar-refractivity contribution in [2.75, 3.05) is 16.9 Å². The average Bonchev–Trinajstić information content (AvgIpc) is 3.10. The Labute approximate surface area is 156 Å². The molecular weight excluding hydrogens is 351 g/mol. The van der Waals surface area contributed by atoms with E-state index in [-0.39, 0.29) is 24.1 Å². The molecule has 0 aromatic heterocycles. The molecule has 1 N–H and O–H groups in total. The molecule has 1 aliphatic heterocycles. The van der Waals surface area contributed by atoms with Crippen LogP contribution in [0.4, 0.5) is 10.1 Å². The van der Waals surface area contributed by atoms with E-state index in [1.165, 1.54) is 12.1 Å². The van der Waals surface area contributed by atoms with E-state index in [0.29, 0.717) is 11.6 Å². The lowest BCUT2D eigenvalue weighted by atomic mass is 10.1. The van der Waals surface area contributed by atoms with Crippen LogP contribution in [0.2, 0.25) is 0 Å². The van der Waals surface area contributed by atoms with Crippen LogP contribution >= 0.6 is 11.8 Å². The fraction of sp³-hybridized carbons (Fsp3) is 0.300. The van der Waals surface area contributed by atoms with Gasteiger partial charge in [-0.3, -0.25) is 9.59 Å². The van der Waals surface area contributed by atoms with E-state index in [0.717, 1.165) is 22.4 Å². The number of amides is 2. The Balaban J connectivity index is 1.66. The Morgan fingerprint density at radius 2 is 1.88 bits per heavy atom. The van der Waals surface area contributed by atoms with Gasteiger partial charge in [0.05, 0.1) is 12.3 Å². The summed E-state index contributed by atoms with van der Waals surface area (Å²) in [5.41, 5.74) is 3.74. The molecule has 6 heteroatoms. The van der Waals surface area contributed by atoms with Gasteiger partial charge < -0.3 is 10.2 Å². The van der Waals surface area contributed by atoms with Crippen LogP contribution in [0.15, 0.2) is 42.5 Å². The number of carbonyl (C=O) groups excluding carboxylic acids is 2. The molecule has 1 unspecified atom stereocenters. The summed E-state index contributed by atoms with van der Waals surface area (Å²) in [5, 5.41) is 2.91. The maximum absolute atomic E-state index is 13.0. The smallest absolute Gasteiger partial charge is 0.248 e. The number of benzene rings is 2. The summed E-state index contributed by atoms with van der Waals surface area (Å²) in [4.78, 5) is 26.9. The van der Waals surface area contributed by atoms with Crippen molar-refractivity contribution >= 4 is 29.3 Å². The topological polar surface area (TPSA) is 49.4 Å². The summed E-state index contributed by atoms with van der Waals surface area (Å²) < 4.78 is 13.0. The summed E-state index contributed by atoms with van der Waals surface area (Å²) in [6, 6.07) is 11.1. The second kappa shape index (κ2) is 7.91. The third-order valence-electron chi connectivity index (χ3n) is 4.55. The van der Waals surface area contributed by atoms with Crippen molar-refractivity contribution in [2.24, 2.45) is 0 Å². The fourth-order valence-corrected chi connectivity index (χ4v) is 4.01. The lowest BCUT2D eigenvalue weighted by Gasteiger charge is -2.23. The molecule has 2 aromatic rings. The minimum atomic E-state index is -0.491. The molecule has 4 nitrogen and oxygen atoms in total. The first-order chi connectivity index (χ1) is 12.4. The van der Waals surface area contributed by atoms with Crippen molar-refractivity contribution in [1.82, 2.24) is 4.90 Å². The normalized spacial score (nSPS) is 16.6. The van der Waals surface area contributed by atoms with Crippen molar-refractivity contribution in [2.45, 2.75) is 26.3 Å². The molecule has 3 rings (SSSR count). The first kappa shape index (κ1) is 18.5. The summed E-state index contributed by atoms with van der Waals surface area (Å²) in [5.74, 6) is 0.438. The highest BCUT2D eigenvalue weighted by molar-refractivity contribution is 7.99. The minimum absolute atomic E-state index is 0.123. The number of thioether (sulfide) groups is 1. The minimum Gasteiger partial charge on any atom is -0.324 e. The molecule has 1 saturated heterocycles. The number of carbonyl (C=O) groups is 2. The van der Waals surface area contributed by atoms with Gasteiger partial charge in [0.2, 0.25) is 11.8 Å². The number of hydrogen-bond donors (Lipinski definition) is 1. The number of nitrogens with one attached hydrogen (secondary N) is 1. The summed E-state index contributed by atoms with van der Waals surface area (Å²) >= 11 is 1.56. The van der Waals surface area contributed by atoms with Crippen molar-refractivity contribution in [3.8, 4) is 0 Å². The number of rotatable bonds is 4. The van der Waals surface area contributed by atoms with Crippen LogP contribution in [-0.2, 0) is 16.0 Å². The van der Waals surface area contributed by atoms with Crippen LogP contribution in [0.25, 0.3) is 0 Å². The summed E-state index contributed by atoms with van der Waals surface area (Å²) in [6.07, 6.45) is 0.161. The second-order valence-electron chi connectivity index (χ2n) is 6.47. The lowest BCUT2D eigenvalue weighted by molar-refractivity contribution is -0.135. The number of aryl methyl sites for hydroxylation is 2. The Bertz CT molecular complexity index is 823. The van der Waals surface area contributed by atoms with Crippen molar-refractivity contribution < 1.29 is 14.0 Å². The maximum Gasteiger partial charge on any atom is 0.248 e. The zero-order valence-electron chi connectivity index (χ0n) is 14.8. The van der Waals surface area contributed by atoms with Gasteiger partial charge in [0.15, 0.2) is 0 Å². The molecule has 0 aliphatic carbocycles. The second-order valence-corrected chi connectivity index (χ2v) is 7.47. The van der Waals surface area contributed by atoms with Crippen LogP contribution in [0.1, 0.15) is 16.7 Å². The van der Waals surface area contributed by atoms with Crippen LogP contribution < -0.4 is 5.32 Å². The predicted molar refractivity (Wildman–Crippen MR) is 103 cm³/mol. The number of halogens is 1. The van der Waals surface area contributed by atoms with E-state index in [1.54, 1.807) is 28.8 Å². The lowest BCUT2D eigenvalue weighted by Crippen LogP contribution is -2.45. The van der Waals surface area contributed by atoms with E-state index in [2.05, 4.69) is 5.32 Å². The largest absolute Gasteiger partial charge is 0.324 e. The Morgan fingerprint density at radius 1 is 1.15 bits per heavy atom. The Kier molecular flexibility index (Phi) is 5.61. The standard InChI is InChI=1S/C20H21FN2O2S/c1-13-3-8-17(9-14(13)2)22-20(25)18-11-26-12-23(18)19(24)10-15-4-6-16(21)7-5-15/h3-9,18H,10-12H2,1-2H3,(H,22,25). The van der Waals surface area contributed by atoms with E-state index < -0.39 is 6.04 Å². The van der Waals surface area contributed by atoms with Gasteiger partial charge >= 0.3 is 0 Å². The molecule has 2 aromatic carbocycles. The van der Waals surface area contributed by atoms with Gasteiger partial charge in [0.25, 0.3) is 0 Å². The Hall–Kier alpha value is -2.34. The van der Waals surface area contributed by atoms with Gasteiger partial charge in [-0.15, -0.1) is 11.8 Å². The number of nitrogens with zero attached hydrogens (tertiary/aromatic N) is 1. The first-order valence-electron chi connectivity index (χ1n) is 8.44. The van der Waals surface area contributed by atoms with Crippen LogP contribution in [0, 0.1) is 19.7 Å².